The predicted molar refractivity (Wildman–Crippen MR) is 55.0 cm³/mol. The summed E-state index contributed by atoms with van der Waals surface area (Å²) in [5.74, 6) is 1.96. The molecular weight excluding hydrogens is 193 g/mol. The van der Waals surface area contributed by atoms with Crippen molar-refractivity contribution in [2.75, 3.05) is 18.0 Å². The minimum Gasteiger partial charge on any atom is -0.340 e. The lowest BCUT2D eigenvalue weighted by Gasteiger charge is -2.16. The van der Waals surface area contributed by atoms with Crippen molar-refractivity contribution in [2.24, 2.45) is 11.8 Å². The molecule has 1 aliphatic heterocycles. The van der Waals surface area contributed by atoms with Crippen LogP contribution in [0.15, 0.2) is 12.4 Å². The van der Waals surface area contributed by atoms with Gasteiger partial charge in [-0.25, -0.2) is 14.4 Å². The third-order valence-corrected chi connectivity index (χ3v) is 3.62. The molecule has 0 unspecified atom stereocenters. The second kappa shape index (κ2) is 3.43. The Morgan fingerprint density at radius 1 is 1.13 bits per heavy atom. The molecule has 3 rings (SSSR count). The van der Waals surface area contributed by atoms with Crippen LogP contribution in [-0.4, -0.2) is 23.1 Å². The van der Waals surface area contributed by atoms with Crippen LogP contribution in [0.3, 0.4) is 0 Å². The average Bonchev–Trinajstić information content (AvgIpc) is 2.78. The van der Waals surface area contributed by atoms with Crippen LogP contribution in [0.1, 0.15) is 19.3 Å². The van der Waals surface area contributed by atoms with E-state index >= 15 is 0 Å². The van der Waals surface area contributed by atoms with Gasteiger partial charge < -0.3 is 4.90 Å². The first-order valence-corrected chi connectivity index (χ1v) is 5.55. The van der Waals surface area contributed by atoms with Gasteiger partial charge in [0.1, 0.15) is 0 Å². The highest BCUT2D eigenvalue weighted by Gasteiger charge is 2.36. The molecule has 3 nitrogen and oxygen atoms in total. The number of anilines is 1. The van der Waals surface area contributed by atoms with Crippen molar-refractivity contribution in [1.82, 2.24) is 9.97 Å². The van der Waals surface area contributed by atoms with Gasteiger partial charge in [0.05, 0.1) is 12.4 Å². The van der Waals surface area contributed by atoms with Gasteiger partial charge in [0.25, 0.3) is 0 Å². The maximum Gasteiger partial charge on any atom is 0.225 e. The van der Waals surface area contributed by atoms with Crippen LogP contribution in [0.2, 0.25) is 0 Å². The molecule has 1 saturated heterocycles. The van der Waals surface area contributed by atoms with Gasteiger partial charge >= 0.3 is 0 Å². The van der Waals surface area contributed by atoms with E-state index < -0.39 is 0 Å². The van der Waals surface area contributed by atoms with Crippen LogP contribution in [0.25, 0.3) is 0 Å². The molecule has 2 fully saturated rings. The summed E-state index contributed by atoms with van der Waals surface area (Å²) >= 11 is 0. The van der Waals surface area contributed by atoms with Gasteiger partial charge in [0, 0.05) is 13.1 Å². The Morgan fingerprint density at radius 3 is 2.33 bits per heavy atom. The lowest BCUT2D eigenvalue weighted by atomic mass is 10.0. The van der Waals surface area contributed by atoms with Gasteiger partial charge in [-0.15, -0.1) is 0 Å². The zero-order valence-corrected chi connectivity index (χ0v) is 8.56. The Bertz CT molecular complexity index is 339. The molecule has 1 saturated carbocycles. The maximum atomic E-state index is 12.7. The minimum absolute atomic E-state index is 0.363. The summed E-state index contributed by atoms with van der Waals surface area (Å²) in [4.78, 5) is 10.2. The summed E-state index contributed by atoms with van der Waals surface area (Å²) in [7, 11) is 0. The molecule has 4 heteroatoms. The maximum absolute atomic E-state index is 12.7. The van der Waals surface area contributed by atoms with Crippen molar-refractivity contribution in [3.05, 3.63) is 18.2 Å². The fourth-order valence-electron chi connectivity index (χ4n) is 2.87. The highest BCUT2D eigenvalue weighted by molar-refractivity contribution is 5.31. The molecule has 2 heterocycles. The number of rotatable bonds is 1. The molecule has 0 radical (unpaired) electrons. The summed E-state index contributed by atoms with van der Waals surface area (Å²) in [5.41, 5.74) is 0. The summed E-state index contributed by atoms with van der Waals surface area (Å²) < 4.78 is 12.7. The molecule has 0 N–H and O–H groups in total. The zero-order valence-electron chi connectivity index (χ0n) is 8.56. The Labute approximate surface area is 88.3 Å². The summed E-state index contributed by atoms with van der Waals surface area (Å²) in [6.07, 6.45) is 6.53. The summed E-state index contributed by atoms with van der Waals surface area (Å²) in [6, 6.07) is 0. The second-order valence-corrected chi connectivity index (χ2v) is 4.56. The van der Waals surface area contributed by atoms with E-state index in [2.05, 4.69) is 14.9 Å². The number of halogens is 1. The molecule has 0 aromatic carbocycles. The van der Waals surface area contributed by atoms with Gasteiger partial charge in [-0.2, -0.15) is 0 Å². The molecule has 80 valence electrons. The summed E-state index contributed by atoms with van der Waals surface area (Å²) in [6.45, 7) is 2.10. The zero-order chi connectivity index (χ0) is 10.3. The number of fused-ring (bicyclic) bond motifs is 1. The normalized spacial score (nSPS) is 29.5. The van der Waals surface area contributed by atoms with E-state index in [1.807, 2.05) is 0 Å². The van der Waals surface area contributed by atoms with Gasteiger partial charge in [0.2, 0.25) is 5.95 Å². The first-order chi connectivity index (χ1) is 7.33. The van der Waals surface area contributed by atoms with E-state index in [4.69, 9.17) is 0 Å². The fourth-order valence-corrected chi connectivity index (χ4v) is 2.87. The van der Waals surface area contributed by atoms with Crippen LogP contribution >= 0.6 is 0 Å². The Hall–Kier alpha value is -1.19. The van der Waals surface area contributed by atoms with Crippen molar-refractivity contribution >= 4 is 5.95 Å². The van der Waals surface area contributed by atoms with Crippen LogP contribution in [0.4, 0.5) is 10.3 Å². The van der Waals surface area contributed by atoms with Crippen LogP contribution in [0, 0.1) is 17.7 Å². The van der Waals surface area contributed by atoms with Crippen LogP contribution < -0.4 is 4.90 Å². The molecule has 1 aromatic rings. The molecule has 15 heavy (non-hydrogen) atoms. The largest absolute Gasteiger partial charge is 0.340 e. The number of nitrogens with zero attached hydrogens (tertiary/aromatic N) is 3. The lowest BCUT2D eigenvalue weighted by Crippen LogP contribution is -2.22. The third-order valence-electron chi connectivity index (χ3n) is 3.62. The molecule has 0 amide bonds. The van der Waals surface area contributed by atoms with Crippen molar-refractivity contribution in [1.29, 1.82) is 0 Å². The van der Waals surface area contributed by atoms with E-state index in [9.17, 15) is 4.39 Å². The topological polar surface area (TPSA) is 29.0 Å². The molecule has 2 aliphatic rings. The van der Waals surface area contributed by atoms with Crippen molar-refractivity contribution in [3.8, 4) is 0 Å². The van der Waals surface area contributed by atoms with Gasteiger partial charge in [0.15, 0.2) is 5.82 Å². The SMILES string of the molecule is Fc1cnc(N2C[C@H]3CCC[C@H]3C2)nc1. The van der Waals surface area contributed by atoms with E-state index in [1.54, 1.807) is 0 Å². The first-order valence-electron chi connectivity index (χ1n) is 5.55. The highest BCUT2D eigenvalue weighted by Crippen LogP contribution is 2.38. The molecule has 0 bridgehead atoms. The number of hydrogen-bond donors (Lipinski definition) is 0. The quantitative estimate of drug-likeness (QED) is 0.703. The Kier molecular flexibility index (Phi) is 2.08. The first kappa shape index (κ1) is 9.07. The van der Waals surface area contributed by atoms with Crippen molar-refractivity contribution in [2.45, 2.75) is 19.3 Å². The average molecular weight is 207 g/mol. The standard InChI is InChI=1S/C11H14FN3/c12-10-4-13-11(14-5-10)15-6-8-2-1-3-9(8)7-15/h4-5,8-9H,1-3,6-7H2/t8-,9+. The Morgan fingerprint density at radius 2 is 1.73 bits per heavy atom. The minimum atomic E-state index is -0.363. The van der Waals surface area contributed by atoms with E-state index in [1.165, 1.54) is 31.7 Å². The molecule has 1 aromatic heterocycles. The molecular formula is C11H14FN3. The lowest BCUT2D eigenvalue weighted by molar-refractivity contribution is 0.494. The van der Waals surface area contributed by atoms with Crippen molar-refractivity contribution < 1.29 is 4.39 Å². The summed E-state index contributed by atoms with van der Waals surface area (Å²) in [5, 5.41) is 0. The molecule has 2 atom stereocenters. The number of aromatic nitrogens is 2. The monoisotopic (exact) mass is 207 g/mol. The number of hydrogen-bond acceptors (Lipinski definition) is 3. The van der Waals surface area contributed by atoms with Crippen molar-refractivity contribution in [3.63, 3.8) is 0 Å². The van der Waals surface area contributed by atoms with Gasteiger partial charge in [-0.05, 0) is 24.7 Å². The van der Waals surface area contributed by atoms with Crippen LogP contribution in [0.5, 0.6) is 0 Å². The fraction of sp³-hybridized carbons (Fsp3) is 0.636. The smallest absolute Gasteiger partial charge is 0.225 e. The van der Waals surface area contributed by atoms with E-state index in [0.717, 1.165) is 24.9 Å². The van der Waals surface area contributed by atoms with E-state index in [-0.39, 0.29) is 5.82 Å². The second-order valence-electron chi connectivity index (χ2n) is 4.56. The molecule has 0 spiro atoms. The highest BCUT2D eigenvalue weighted by atomic mass is 19.1. The third kappa shape index (κ3) is 1.58. The Balaban J connectivity index is 1.76. The van der Waals surface area contributed by atoms with E-state index in [0.29, 0.717) is 5.95 Å². The van der Waals surface area contributed by atoms with Crippen LogP contribution in [-0.2, 0) is 0 Å². The van der Waals surface area contributed by atoms with Gasteiger partial charge in [-0.1, -0.05) is 6.42 Å². The predicted octanol–water partition coefficient (Wildman–Crippen LogP) is 1.85. The molecule has 1 aliphatic carbocycles. The van der Waals surface area contributed by atoms with Gasteiger partial charge in [-0.3, -0.25) is 0 Å².